The molecule has 0 aromatic heterocycles. The predicted molar refractivity (Wildman–Crippen MR) is 68.9 cm³/mol. The first-order valence-corrected chi connectivity index (χ1v) is 6.05. The number of carboxylic acid groups (broad SMARTS) is 1. The molecule has 0 fully saturated rings. The van der Waals surface area contributed by atoms with Crippen LogP contribution < -0.4 is 5.73 Å². The van der Waals surface area contributed by atoms with E-state index in [9.17, 15) is 4.79 Å². The van der Waals surface area contributed by atoms with Crippen molar-refractivity contribution in [1.82, 2.24) is 0 Å². The summed E-state index contributed by atoms with van der Waals surface area (Å²) >= 11 is 0. The van der Waals surface area contributed by atoms with Gasteiger partial charge in [-0.2, -0.15) is 0 Å². The zero-order valence-electron chi connectivity index (χ0n) is 10.6. The first-order chi connectivity index (χ1) is 8.00. The standard InChI is InChI=1S/C14H21NO2/c1-10-7-8-12(11(2)9-10)13(15)5-3-4-6-14(16)17/h7-9,13H,3-6,15H2,1-2H3,(H,16,17). The quantitative estimate of drug-likeness (QED) is 0.745. The van der Waals surface area contributed by atoms with Crippen LogP contribution in [0.25, 0.3) is 0 Å². The van der Waals surface area contributed by atoms with Crippen molar-refractivity contribution in [2.75, 3.05) is 0 Å². The summed E-state index contributed by atoms with van der Waals surface area (Å²) in [5, 5.41) is 8.54. The number of benzene rings is 1. The second kappa shape index (κ2) is 6.40. The monoisotopic (exact) mass is 235 g/mol. The summed E-state index contributed by atoms with van der Waals surface area (Å²) in [6.07, 6.45) is 2.64. The maximum absolute atomic E-state index is 10.4. The van der Waals surface area contributed by atoms with Gasteiger partial charge in [0, 0.05) is 12.5 Å². The largest absolute Gasteiger partial charge is 0.481 e. The summed E-state index contributed by atoms with van der Waals surface area (Å²) < 4.78 is 0. The topological polar surface area (TPSA) is 63.3 Å². The third-order valence-electron chi connectivity index (χ3n) is 2.98. The Labute approximate surface area is 103 Å². The highest BCUT2D eigenvalue weighted by atomic mass is 16.4. The molecule has 0 bridgehead atoms. The van der Waals surface area contributed by atoms with Gasteiger partial charge in [-0.1, -0.05) is 30.2 Å². The minimum absolute atomic E-state index is 0.0180. The van der Waals surface area contributed by atoms with Gasteiger partial charge in [-0.05, 0) is 37.8 Å². The third-order valence-corrected chi connectivity index (χ3v) is 2.98. The highest BCUT2D eigenvalue weighted by Crippen LogP contribution is 2.21. The lowest BCUT2D eigenvalue weighted by Gasteiger charge is -2.15. The molecule has 0 aliphatic carbocycles. The van der Waals surface area contributed by atoms with E-state index in [2.05, 4.69) is 32.0 Å². The van der Waals surface area contributed by atoms with Crippen LogP contribution in [0, 0.1) is 13.8 Å². The van der Waals surface area contributed by atoms with Gasteiger partial charge in [-0.25, -0.2) is 0 Å². The van der Waals surface area contributed by atoms with Gasteiger partial charge in [0.2, 0.25) is 0 Å². The number of carbonyl (C=O) groups is 1. The van der Waals surface area contributed by atoms with Crippen molar-refractivity contribution in [3.63, 3.8) is 0 Å². The van der Waals surface area contributed by atoms with E-state index in [1.807, 2.05) is 0 Å². The molecule has 17 heavy (non-hydrogen) atoms. The van der Waals surface area contributed by atoms with Gasteiger partial charge in [-0.15, -0.1) is 0 Å². The Morgan fingerprint density at radius 3 is 2.65 bits per heavy atom. The van der Waals surface area contributed by atoms with Gasteiger partial charge in [-0.3, -0.25) is 4.79 Å². The van der Waals surface area contributed by atoms with Crippen LogP contribution in [0.3, 0.4) is 0 Å². The lowest BCUT2D eigenvalue weighted by molar-refractivity contribution is -0.137. The summed E-state index contributed by atoms with van der Waals surface area (Å²) in [5.41, 5.74) is 9.75. The Kier molecular flexibility index (Phi) is 5.16. The number of aryl methyl sites for hydroxylation is 2. The Morgan fingerprint density at radius 2 is 2.06 bits per heavy atom. The number of unbranched alkanes of at least 4 members (excludes halogenated alkanes) is 1. The Morgan fingerprint density at radius 1 is 1.35 bits per heavy atom. The maximum atomic E-state index is 10.4. The van der Waals surface area contributed by atoms with Crippen LogP contribution in [0.4, 0.5) is 0 Å². The van der Waals surface area contributed by atoms with Gasteiger partial charge in [0.25, 0.3) is 0 Å². The summed E-state index contributed by atoms with van der Waals surface area (Å²) in [4.78, 5) is 10.4. The lowest BCUT2D eigenvalue weighted by atomic mass is 9.96. The van der Waals surface area contributed by atoms with Crippen molar-refractivity contribution in [2.45, 2.75) is 45.6 Å². The molecule has 94 valence electrons. The Hall–Kier alpha value is -1.35. The molecule has 0 spiro atoms. The van der Waals surface area contributed by atoms with Crippen LogP contribution in [-0.4, -0.2) is 11.1 Å². The molecule has 0 saturated heterocycles. The van der Waals surface area contributed by atoms with E-state index in [0.29, 0.717) is 6.42 Å². The van der Waals surface area contributed by atoms with Gasteiger partial charge in [0.1, 0.15) is 0 Å². The summed E-state index contributed by atoms with van der Waals surface area (Å²) in [6.45, 7) is 4.13. The lowest BCUT2D eigenvalue weighted by Crippen LogP contribution is -2.12. The first-order valence-electron chi connectivity index (χ1n) is 6.05. The average Bonchev–Trinajstić information content (AvgIpc) is 2.23. The molecule has 1 aromatic rings. The molecule has 1 unspecified atom stereocenters. The number of hydrogen-bond acceptors (Lipinski definition) is 2. The molecular formula is C14H21NO2. The fraction of sp³-hybridized carbons (Fsp3) is 0.500. The molecule has 0 aliphatic heterocycles. The molecule has 0 heterocycles. The summed E-state index contributed by atoms with van der Waals surface area (Å²) in [5.74, 6) is -0.731. The number of aliphatic carboxylic acids is 1. The van der Waals surface area contributed by atoms with Gasteiger partial charge < -0.3 is 10.8 Å². The summed E-state index contributed by atoms with van der Waals surface area (Å²) in [6, 6.07) is 6.29. The fourth-order valence-corrected chi connectivity index (χ4v) is 2.04. The normalized spacial score (nSPS) is 12.4. The Balaban J connectivity index is 2.46. The van der Waals surface area contributed by atoms with Crippen LogP contribution in [0.1, 0.15) is 48.4 Å². The molecule has 1 aromatic carbocycles. The molecule has 0 aliphatic rings. The highest BCUT2D eigenvalue weighted by molar-refractivity contribution is 5.66. The molecular weight excluding hydrogens is 214 g/mol. The second-order valence-corrected chi connectivity index (χ2v) is 4.61. The van der Waals surface area contributed by atoms with E-state index in [-0.39, 0.29) is 12.5 Å². The van der Waals surface area contributed by atoms with Crippen LogP contribution >= 0.6 is 0 Å². The first kappa shape index (κ1) is 13.7. The fourth-order valence-electron chi connectivity index (χ4n) is 2.04. The number of carboxylic acids is 1. The van der Waals surface area contributed by atoms with Gasteiger partial charge in [0.15, 0.2) is 0 Å². The van der Waals surface area contributed by atoms with E-state index in [0.717, 1.165) is 12.8 Å². The molecule has 0 radical (unpaired) electrons. The Bertz CT molecular complexity index is 388. The molecule has 1 rings (SSSR count). The van der Waals surface area contributed by atoms with Crippen LogP contribution in [0.15, 0.2) is 18.2 Å². The summed E-state index contributed by atoms with van der Waals surface area (Å²) in [7, 11) is 0. The number of nitrogens with two attached hydrogens (primary N) is 1. The van der Waals surface area contributed by atoms with E-state index < -0.39 is 5.97 Å². The molecule has 3 nitrogen and oxygen atoms in total. The molecule has 0 amide bonds. The average molecular weight is 235 g/mol. The minimum atomic E-state index is -0.731. The zero-order chi connectivity index (χ0) is 12.8. The van der Waals surface area contributed by atoms with Crippen molar-refractivity contribution in [3.8, 4) is 0 Å². The SMILES string of the molecule is Cc1ccc(C(N)CCCCC(=O)O)c(C)c1. The number of hydrogen-bond donors (Lipinski definition) is 2. The molecule has 1 atom stereocenters. The molecule has 3 heteroatoms. The van der Waals surface area contributed by atoms with Crippen molar-refractivity contribution in [3.05, 3.63) is 34.9 Å². The van der Waals surface area contributed by atoms with Crippen molar-refractivity contribution >= 4 is 5.97 Å². The van der Waals surface area contributed by atoms with Gasteiger partial charge in [0.05, 0.1) is 0 Å². The molecule has 3 N–H and O–H groups in total. The smallest absolute Gasteiger partial charge is 0.303 e. The van der Waals surface area contributed by atoms with Crippen molar-refractivity contribution in [1.29, 1.82) is 0 Å². The van der Waals surface area contributed by atoms with E-state index in [1.165, 1.54) is 16.7 Å². The van der Waals surface area contributed by atoms with E-state index in [1.54, 1.807) is 0 Å². The van der Waals surface area contributed by atoms with E-state index in [4.69, 9.17) is 10.8 Å². The number of rotatable bonds is 6. The minimum Gasteiger partial charge on any atom is -0.481 e. The highest BCUT2D eigenvalue weighted by Gasteiger charge is 2.09. The molecule has 0 saturated carbocycles. The van der Waals surface area contributed by atoms with Crippen molar-refractivity contribution < 1.29 is 9.90 Å². The van der Waals surface area contributed by atoms with E-state index >= 15 is 0 Å². The zero-order valence-corrected chi connectivity index (χ0v) is 10.6. The predicted octanol–water partition coefficient (Wildman–Crippen LogP) is 2.95. The van der Waals surface area contributed by atoms with Crippen LogP contribution in [-0.2, 0) is 4.79 Å². The van der Waals surface area contributed by atoms with Crippen molar-refractivity contribution in [2.24, 2.45) is 5.73 Å². The maximum Gasteiger partial charge on any atom is 0.303 e. The van der Waals surface area contributed by atoms with Gasteiger partial charge >= 0.3 is 5.97 Å². The second-order valence-electron chi connectivity index (χ2n) is 4.61. The third kappa shape index (κ3) is 4.57. The van der Waals surface area contributed by atoms with Crippen LogP contribution in [0.5, 0.6) is 0 Å². The van der Waals surface area contributed by atoms with Crippen LogP contribution in [0.2, 0.25) is 0 Å².